The van der Waals surface area contributed by atoms with Gasteiger partial charge in [-0.2, -0.15) is 0 Å². The first-order valence-electron chi connectivity index (χ1n) is 9.77. The van der Waals surface area contributed by atoms with Crippen molar-refractivity contribution >= 4 is 16.8 Å². The minimum absolute atomic E-state index is 0.156. The average Bonchev–Trinajstić information content (AvgIpc) is 2.85. The molecule has 0 aromatic rings. The molecule has 3 nitrogen and oxygen atoms in total. The Bertz CT molecular complexity index is 852. The van der Waals surface area contributed by atoms with Crippen LogP contribution in [0.1, 0.15) is 47.0 Å². The van der Waals surface area contributed by atoms with Crippen LogP contribution < -0.4 is 0 Å². The maximum atomic E-state index is 14.2. The molecule has 0 saturated heterocycles. The van der Waals surface area contributed by atoms with Crippen molar-refractivity contribution in [3.05, 3.63) is 69.7 Å². The zero-order valence-corrected chi connectivity index (χ0v) is 18.2. The number of fused-ring (bicyclic) bond motifs is 1. The van der Waals surface area contributed by atoms with Crippen molar-refractivity contribution in [3.63, 3.8) is 0 Å². The maximum Gasteiger partial charge on any atom is 0.310 e. The van der Waals surface area contributed by atoms with E-state index in [-0.39, 0.29) is 12.0 Å². The summed E-state index contributed by atoms with van der Waals surface area (Å²) >= 11 is 0. The molecule has 0 aromatic heterocycles. The minimum atomic E-state index is -3.06. The van der Waals surface area contributed by atoms with Gasteiger partial charge in [-0.25, -0.2) is 8.78 Å². The molecule has 158 valence electrons. The molecule has 0 aromatic carbocycles. The Hall–Kier alpha value is -2.08. The van der Waals surface area contributed by atoms with Crippen LogP contribution >= 0.6 is 0 Å². The highest BCUT2D eigenvalue weighted by Crippen LogP contribution is 2.34. The molecule has 1 aliphatic heterocycles. The Morgan fingerprint density at radius 1 is 1.34 bits per heavy atom. The predicted molar refractivity (Wildman–Crippen MR) is 114 cm³/mol. The van der Waals surface area contributed by atoms with E-state index >= 15 is 0 Å². The summed E-state index contributed by atoms with van der Waals surface area (Å²) < 4.78 is 45.5. The number of alkyl halides is 2. The van der Waals surface area contributed by atoms with E-state index in [1.54, 1.807) is 18.2 Å². The molecule has 2 bridgehead atoms. The van der Waals surface area contributed by atoms with E-state index in [1.165, 1.54) is 6.08 Å². The summed E-state index contributed by atoms with van der Waals surface area (Å²) in [6.45, 7) is 6.57. The Morgan fingerprint density at radius 2 is 2.07 bits per heavy atom. The van der Waals surface area contributed by atoms with Gasteiger partial charge in [0, 0.05) is 34.0 Å². The molecule has 1 heterocycles. The first kappa shape index (κ1) is 23.2. The molecule has 1 aliphatic carbocycles. The lowest BCUT2D eigenvalue weighted by Gasteiger charge is -2.20. The van der Waals surface area contributed by atoms with Gasteiger partial charge in [-0.1, -0.05) is 49.8 Å². The van der Waals surface area contributed by atoms with Crippen molar-refractivity contribution in [2.24, 2.45) is 0 Å². The van der Waals surface area contributed by atoms with E-state index in [0.29, 0.717) is 17.7 Å². The summed E-state index contributed by atoms with van der Waals surface area (Å²) in [5.74, 6) is -3.02. The van der Waals surface area contributed by atoms with E-state index in [9.17, 15) is 17.8 Å². The summed E-state index contributed by atoms with van der Waals surface area (Å²) in [5, 5.41) is 0. The number of ether oxygens (including phenoxy) is 1. The van der Waals surface area contributed by atoms with Gasteiger partial charge in [-0.15, -0.1) is 0 Å². The molecule has 2 atom stereocenters. The van der Waals surface area contributed by atoms with Crippen molar-refractivity contribution in [2.75, 3.05) is 5.75 Å². The monoisotopic (exact) mass is 422 g/mol. The Labute approximate surface area is 174 Å². The van der Waals surface area contributed by atoms with Gasteiger partial charge in [-0.05, 0) is 43.1 Å². The Balaban J connectivity index is 2.36. The van der Waals surface area contributed by atoms with E-state index < -0.39 is 28.8 Å². The van der Waals surface area contributed by atoms with Gasteiger partial charge in [0.05, 0.1) is 6.42 Å². The highest BCUT2D eigenvalue weighted by molar-refractivity contribution is 7.88. The van der Waals surface area contributed by atoms with E-state index in [4.69, 9.17) is 4.74 Å². The number of carbonyl (C=O) groups excluding carboxylic acids is 1. The lowest BCUT2D eigenvalue weighted by molar-refractivity contribution is -0.144. The third-order valence-electron chi connectivity index (χ3n) is 4.77. The molecule has 2 rings (SSSR count). The van der Waals surface area contributed by atoms with Crippen LogP contribution in [0.4, 0.5) is 8.78 Å². The minimum Gasteiger partial charge on any atom is -0.454 e. The summed E-state index contributed by atoms with van der Waals surface area (Å²) in [6.07, 6.45) is 12.4. The number of carbonyl (C=O) groups is 1. The largest absolute Gasteiger partial charge is 0.454 e. The zero-order valence-electron chi connectivity index (χ0n) is 17.3. The molecule has 0 amide bonds. The van der Waals surface area contributed by atoms with Gasteiger partial charge in [0.1, 0.15) is 6.10 Å². The van der Waals surface area contributed by atoms with Crippen molar-refractivity contribution < 1.29 is 22.5 Å². The fraction of sp³-hybridized carbons (Fsp3) is 0.435. The van der Waals surface area contributed by atoms with Crippen molar-refractivity contribution in [3.8, 4) is 0 Å². The first-order valence-corrected chi connectivity index (χ1v) is 11.1. The van der Waals surface area contributed by atoms with Crippen molar-refractivity contribution in [1.82, 2.24) is 0 Å². The number of allylic oxidation sites excluding steroid dienone is 9. The average molecular weight is 423 g/mol. The summed E-state index contributed by atoms with van der Waals surface area (Å²) in [6, 6.07) is 0. The lowest BCUT2D eigenvalue weighted by atomic mass is 9.94. The second-order valence-corrected chi connectivity index (χ2v) is 9.04. The number of halogens is 2. The zero-order chi connectivity index (χ0) is 21.6. The van der Waals surface area contributed by atoms with Crippen LogP contribution in [0.2, 0.25) is 0 Å². The molecule has 0 radical (unpaired) electrons. The van der Waals surface area contributed by atoms with Crippen LogP contribution in [0.3, 0.4) is 0 Å². The second-order valence-electron chi connectivity index (χ2n) is 7.13. The second kappa shape index (κ2) is 10.1. The van der Waals surface area contributed by atoms with Crippen molar-refractivity contribution in [1.29, 1.82) is 0 Å². The van der Waals surface area contributed by atoms with Crippen molar-refractivity contribution in [2.45, 2.75) is 59.0 Å². The van der Waals surface area contributed by atoms with Gasteiger partial charge in [0.2, 0.25) is 0 Å². The molecular formula is C23H28F2O3S. The van der Waals surface area contributed by atoms with E-state index in [0.717, 1.165) is 29.4 Å². The molecule has 6 heteroatoms. The molecule has 0 spiro atoms. The van der Waals surface area contributed by atoms with Crippen LogP contribution in [0, 0.1) is 0 Å². The van der Waals surface area contributed by atoms with Gasteiger partial charge < -0.3 is 4.74 Å². The molecule has 0 N–H and O–H groups in total. The maximum absolute atomic E-state index is 14.2. The third-order valence-corrected chi connectivity index (χ3v) is 6.15. The molecule has 2 unspecified atom stereocenters. The van der Waals surface area contributed by atoms with Gasteiger partial charge in [0.25, 0.3) is 5.92 Å². The number of hydrogen-bond donors (Lipinski definition) is 0. The number of esters is 1. The Kier molecular flexibility index (Phi) is 8.08. The fourth-order valence-corrected chi connectivity index (χ4v) is 3.81. The third kappa shape index (κ3) is 6.74. The Morgan fingerprint density at radius 3 is 2.69 bits per heavy atom. The van der Waals surface area contributed by atoms with Crippen LogP contribution in [-0.4, -0.2) is 28.0 Å². The quantitative estimate of drug-likeness (QED) is 0.390. The highest BCUT2D eigenvalue weighted by atomic mass is 32.2. The van der Waals surface area contributed by atoms with Gasteiger partial charge in [-0.3, -0.25) is 9.00 Å². The van der Waals surface area contributed by atoms with E-state index in [1.807, 2.05) is 39.0 Å². The molecule has 0 saturated carbocycles. The fourth-order valence-electron chi connectivity index (χ4n) is 3.14. The summed E-state index contributed by atoms with van der Waals surface area (Å²) in [7, 11) is -0.986. The standard InChI is InChI=1S/C23H28F2O3S/c1-5-17(8-7-16(3)29(27)6-2)13-18-9-10-20-15-19(14-18)21(23(4,24)25)11-12-22(26)28-20/h7-11,14-15,20H,5-6,12-13H2,1-4H3/b16-7+,17-8+,21-11+. The number of hydrogen-bond acceptors (Lipinski definition) is 3. The first-order chi connectivity index (χ1) is 13.6. The molecule has 29 heavy (non-hydrogen) atoms. The molecule has 2 aliphatic rings. The summed E-state index contributed by atoms with van der Waals surface area (Å²) in [4.78, 5) is 12.6. The van der Waals surface area contributed by atoms with Crippen LogP contribution in [0.25, 0.3) is 0 Å². The van der Waals surface area contributed by atoms with Gasteiger partial charge in [0.15, 0.2) is 0 Å². The highest BCUT2D eigenvalue weighted by Gasteiger charge is 2.32. The van der Waals surface area contributed by atoms with Crippen LogP contribution in [-0.2, 0) is 20.3 Å². The topological polar surface area (TPSA) is 43.4 Å². The van der Waals surface area contributed by atoms with E-state index in [2.05, 4.69) is 0 Å². The number of rotatable bonds is 7. The molecular weight excluding hydrogens is 394 g/mol. The van der Waals surface area contributed by atoms with Gasteiger partial charge >= 0.3 is 5.97 Å². The van der Waals surface area contributed by atoms with Crippen LogP contribution in [0.5, 0.6) is 0 Å². The lowest BCUT2D eigenvalue weighted by Crippen LogP contribution is -2.21. The SMILES string of the molecule is CC/C(=C\C=C(/C)S(=O)CC)CC1=CC2=CC(C=C1)OC(=O)C/C=C\2C(C)(F)F. The molecule has 0 fully saturated rings. The smallest absolute Gasteiger partial charge is 0.310 e. The summed E-state index contributed by atoms with van der Waals surface area (Å²) in [5.41, 5.74) is 2.16. The normalized spacial score (nSPS) is 23.7. The van der Waals surface area contributed by atoms with Crippen LogP contribution in [0.15, 0.2) is 69.7 Å². The predicted octanol–water partition coefficient (Wildman–Crippen LogP) is 5.71.